The molecule has 2 heterocycles. The summed E-state index contributed by atoms with van der Waals surface area (Å²) >= 11 is 0. The molecule has 4 heteroatoms. The summed E-state index contributed by atoms with van der Waals surface area (Å²) in [7, 11) is 0. The molecule has 2 aromatic rings. The summed E-state index contributed by atoms with van der Waals surface area (Å²) in [5, 5.41) is 8.97. The number of nitriles is 1. The first kappa shape index (κ1) is 9.91. The van der Waals surface area contributed by atoms with Gasteiger partial charge in [0.1, 0.15) is 17.6 Å². The highest BCUT2D eigenvalue weighted by molar-refractivity contribution is 5.55. The lowest BCUT2D eigenvalue weighted by Gasteiger charge is -2.03. The summed E-state index contributed by atoms with van der Waals surface area (Å²) in [6.07, 6.45) is 3.97. The predicted molar refractivity (Wildman–Crippen MR) is 62.0 cm³/mol. The van der Waals surface area contributed by atoms with E-state index in [1.165, 1.54) is 0 Å². The molecule has 0 unspecified atom stereocenters. The monoisotopic (exact) mass is 222 g/mol. The summed E-state index contributed by atoms with van der Waals surface area (Å²) in [4.78, 5) is 13.0. The number of nitrogens with zero attached hydrogens (tertiary/aromatic N) is 4. The Morgan fingerprint density at radius 3 is 2.71 bits per heavy atom. The first-order valence-corrected chi connectivity index (χ1v) is 5.57. The molecule has 0 aromatic carbocycles. The maximum absolute atomic E-state index is 8.97. The Morgan fingerprint density at radius 2 is 2.06 bits per heavy atom. The molecule has 17 heavy (non-hydrogen) atoms. The molecule has 2 aromatic heterocycles. The van der Waals surface area contributed by atoms with E-state index >= 15 is 0 Å². The van der Waals surface area contributed by atoms with Crippen molar-refractivity contribution in [2.45, 2.75) is 18.8 Å². The zero-order valence-electron chi connectivity index (χ0n) is 9.17. The largest absolute Gasteiger partial charge is 0.255 e. The molecule has 1 aliphatic carbocycles. The lowest BCUT2D eigenvalue weighted by Crippen LogP contribution is -1.98. The first-order valence-electron chi connectivity index (χ1n) is 5.57. The van der Waals surface area contributed by atoms with Crippen molar-refractivity contribution in [1.29, 1.82) is 5.26 Å². The zero-order valence-corrected chi connectivity index (χ0v) is 9.17. The van der Waals surface area contributed by atoms with Crippen LogP contribution in [0.1, 0.15) is 30.3 Å². The first-order chi connectivity index (χ1) is 8.36. The number of hydrogen-bond acceptors (Lipinski definition) is 4. The van der Waals surface area contributed by atoms with Crippen LogP contribution < -0.4 is 0 Å². The Kier molecular flexibility index (Phi) is 2.30. The predicted octanol–water partition coefficient (Wildman–Crippen LogP) is 2.29. The van der Waals surface area contributed by atoms with Crippen LogP contribution in [0.4, 0.5) is 0 Å². The Hall–Kier alpha value is -2.28. The number of rotatable bonds is 2. The van der Waals surface area contributed by atoms with Gasteiger partial charge in [-0.05, 0) is 25.0 Å². The van der Waals surface area contributed by atoms with E-state index in [2.05, 4.69) is 21.0 Å². The van der Waals surface area contributed by atoms with Crippen LogP contribution in [0.5, 0.6) is 0 Å². The van der Waals surface area contributed by atoms with Crippen molar-refractivity contribution >= 4 is 0 Å². The summed E-state index contributed by atoms with van der Waals surface area (Å²) < 4.78 is 0. The third-order valence-electron chi connectivity index (χ3n) is 2.73. The summed E-state index contributed by atoms with van der Waals surface area (Å²) in [6, 6.07) is 9.43. The smallest absolute Gasteiger partial charge is 0.144 e. The van der Waals surface area contributed by atoms with Crippen molar-refractivity contribution in [1.82, 2.24) is 15.0 Å². The van der Waals surface area contributed by atoms with Crippen molar-refractivity contribution in [3.63, 3.8) is 0 Å². The molecule has 0 spiro atoms. The lowest BCUT2D eigenvalue weighted by atomic mass is 10.2. The molecular weight excluding hydrogens is 212 g/mol. The number of hydrogen-bond donors (Lipinski definition) is 0. The standard InChI is InChI=1S/C13H10N4/c14-8-10-7-12(11-3-1-2-6-15-11)17-13(16-10)9-4-5-9/h1-3,6-7,9H,4-5H2. The second kappa shape index (κ2) is 3.95. The van der Waals surface area contributed by atoms with E-state index in [0.717, 1.165) is 30.1 Å². The van der Waals surface area contributed by atoms with Gasteiger partial charge in [-0.1, -0.05) is 6.07 Å². The van der Waals surface area contributed by atoms with Crippen LogP contribution in [0.2, 0.25) is 0 Å². The molecule has 0 aliphatic heterocycles. The second-order valence-corrected chi connectivity index (χ2v) is 4.10. The van der Waals surface area contributed by atoms with Crippen LogP contribution >= 0.6 is 0 Å². The highest BCUT2D eigenvalue weighted by atomic mass is 14.9. The molecule has 0 saturated heterocycles. The van der Waals surface area contributed by atoms with Crippen LogP contribution in [0.25, 0.3) is 11.4 Å². The van der Waals surface area contributed by atoms with Gasteiger partial charge in [-0.2, -0.15) is 5.26 Å². The summed E-state index contributed by atoms with van der Waals surface area (Å²) in [5.74, 6) is 1.22. The minimum atomic E-state index is 0.419. The highest BCUT2D eigenvalue weighted by Crippen LogP contribution is 2.38. The fourth-order valence-electron chi connectivity index (χ4n) is 1.69. The molecule has 82 valence electrons. The average molecular weight is 222 g/mol. The maximum Gasteiger partial charge on any atom is 0.144 e. The minimum absolute atomic E-state index is 0.419. The van der Waals surface area contributed by atoms with Crippen molar-refractivity contribution < 1.29 is 0 Å². The van der Waals surface area contributed by atoms with E-state index in [-0.39, 0.29) is 0 Å². The quantitative estimate of drug-likeness (QED) is 0.782. The van der Waals surface area contributed by atoms with E-state index in [1.54, 1.807) is 12.3 Å². The van der Waals surface area contributed by atoms with Crippen molar-refractivity contribution in [3.05, 3.63) is 42.0 Å². The van der Waals surface area contributed by atoms with Crippen LogP contribution in [0.15, 0.2) is 30.5 Å². The van der Waals surface area contributed by atoms with Gasteiger partial charge in [0.15, 0.2) is 0 Å². The Bertz CT molecular complexity index is 582. The van der Waals surface area contributed by atoms with Crippen LogP contribution in [-0.2, 0) is 0 Å². The van der Waals surface area contributed by atoms with Gasteiger partial charge >= 0.3 is 0 Å². The van der Waals surface area contributed by atoms with Crippen molar-refractivity contribution in [2.75, 3.05) is 0 Å². The molecule has 0 atom stereocenters. The summed E-state index contributed by atoms with van der Waals surface area (Å²) in [6.45, 7) is 0. The average Bonchev–Trinajstić information content (AvgIpc) is 3.23. The van der Waals surface area contributed by atoms with Gasteiger partial charge in [0, 0.05) is 18.2 Å². The number of pyridine rings is 1. The van der Waals surface area contributed by atoms with Gasteiger partial charge in [-0.15, -0.1) is 0 Å². The molecule has 1 saturated carbocycles. The van der Waals surface area contributed by atoms with Gasteiger partial charge in [-0.3, -0.25) is 4.98 Å². The van der Waals surface area contributed by atoms with Crippen LogP contribution in [0.3, 0.4) is 0 Å². The van der Waals surface area contributed by atoms with E-state index in [4.69, 9.17) is 5.26 Å². The Morgan fingerprint density at radius 1 is 1.18 bits per heavy atom. The summed E-state index contributed by atoms with van der Waals surface area (Å²) in [5.41, 5.74) is 1.94. The highest BCUT2D eigenvalue weighted by Gasteiger charge is 2.27. The Balaban J connectivity index is 2.10. The fourth-order valence-corrected chi connectivity index (χ4v) is 1.69. The van der Waals surface area contributed by atoms with E-state index in [1.807, 2.05) is 18.2 Å². The van der Waals surface area contributed by atoms with Gasteiger partial charge in [0.05, 0.1) is 11.4 Å². The van der Waals surface area contributed by atoms with Crippen LogP contribution in [0, 0.1) is 11.3 Å². The molecule has 0 amide bonds. The van der Waals surface area contributed by atoms with E-state index in [9.17, 15) is 0 Å². The van der Waals surface area contributed by atoms with Gasteiger partial charge < -0.3 is 0 Å². The molecule has 1 aliphatic rings. The maximum atomic E-state index is 8.97. The third-order valence-corrected chi connectivity index (χ3v) is 2.73. The van der Waals surface area contributed by atoms with Gasteiger partial charge in [0.25, 0.3) is 0 Å². The molecule has 1 fully saturated rings. The Labute approximate surface area is 99.0 Å². The second-order valence-electron chi connectivity index (χ2n) is 4.10. The lowest BCUT2D eigenvalue weighted by molar-refractivity contribution is 0.919. The van der Waals surface area contributed by atoms with Crippen molar-refractivity contribution in [2.24, 2.45) is 0 Å². The van der Waals surface area contributed by atoms with E-state index in [0.29, 0.717) is 11.6 Å². The van der Waals surface area contributed by atoms with Gasteiger partial charge in [0.2, 0.25) is 0 Å². The van der Waals surface area contributed by atoms with Gasteiger partial charge in [-0.25, -0.2) is 9.97 Å². The fraction of sp³-hybridized carbons (Fsp3) is 0.231. The molecule has 4 nitrogen and oxygen atoms in total. The molecule has 3 rings (SSSR count). The van der Waals surface area contributed by atoms with E-state index < -0.39 is 0 Å². The zero-order chi connectivity index (χ0) is 11.7. The SMILES string of the molecule is N#Cc1cc(-c2ccccn2)nc(C2CC2)n1. The molecular formula is C13H10N4. The molecule has 0 bridgehead atoms. The third kappa shape index (κ3) is 2.00. The minimum Gasteiger partial charge on any atom is -0.255 e. The molecule has 0 radical (unpaired) electrons. The topological polar surface area (TPSA) is 62.5 Å². The number of aromatic nitrogens is 3. The van der Waals surface area contributed by atoms with Crippen molar-refractivity contribution in [3.8, 4) is 17.5 Å². The normalized spacial score (nSPS) is 14.3. The van der Waals surface area contributed by atoms with Crippen LogP contribution in [-0.4, -0.2) is 15.0 Å². The molecule has 0 N–H and O–H groups in total.